The Hall–Kier alpha value is -1.55. The molecule has 0 aliphatic heterocycles. The minimum absolute atomic E-state index is 0.461. The number of para-hydroxylation sites is 1. The highest BCUT2D eigenvalue weighted by Crippen LogP contribution is 2.15. The van der Waals surface area contributed by atoms with Crippen LogP contribution >= 0.6 is 0 Å². The van der Waals surface area contributed by atoms with Crippen LogP contribution in [0.5, 0.6) is 5.75 Å². The number of aliphatic carboxylic acids is 1. The molecule has 0 aliphatic rings. The number of benzene rings is 1. The Labute approximate surface area is 95.2 Å². The topological polar surface area (TPSA) is 58.6 Å². The largest absolute Gasteiger partial charge is 0.492 e. The fourth-order valence-electron chi connectivity index (χ4n) is 1.24. The second-order valence-corrected chi connectivity index (χ2v) is 3.63. The van der Waals surface area contributed by atoms with E-state index in [9.17, 15) is 4.79 Å². The first-order valence-electron chi connectivity index (χ1n) is 5.26. The van der Waals surface area contributed by atoms with Crippen LogP contribution in [0, 0.1) is 6.92 Å². The monoisotopic (exact) mass is 223 g/mol. The number of hydrogen-bond acceptors (Lipinski definition) is 3. The van der Waals surface area contributed by atoms with Crippen LogP contribution in [0.3, 0.4) is 0 Å². The molecule has 16 heavy (non-hydrogen) atoms. The van der Waals surface area contributed by atoms with Gasteiger partial charge in [0, 0.05) is 6.54 Å². The predicted molar refractivity (Wildman–Crippen MR) is 61.8 cm³/mol. The van der Waals surface area contributed by atoms with E-state index < -0.39 is 12.0 Å². The van der Waals surface area contributed by atoms with Crippen molar-refractivity contribution in [2.45, 2.75) is 19.9 Å². The van der Waals surface area contributed by atoms with Crippen LogP contribution in [-0.4, -0.2) is 30.3 Å². The third kappa shape index (κ3) is 3.90. The first-order chi connectivity index (χ1) is 7.61. The van der Waals surface area contributed by atoms with Crippen molar-refractivity contribution in [2.24, 2.45) is 0 Å². The van der Waals surface area contributed by atoms with Gasteiger partial charge >= 0.3 is 5.97 Å². The Morgan fingerprint density at radius 2 is 2.19 bits per heavy atom. The fourth-order valence-corrected chi connectivity index (χ4v) is 1.24. The van der Waals surface area contributed by atoms with Gasteiger partial charge in [0.05, 0.1) is 0 Å². The zero-order chi connectivity index (χ0) is 12.0. The Morgan fingerprint density at radius 1 is 1.50 bits per heavy atom. The second kappa shape index (κ2) is 6.12. The molecule has 1 aromatic carbocycles. The molecule has 88 valence electrons. The maximum absolute atomic E-state index is 10.5. The van der Waals surface area contributed by atoms with Gasteiger partial charge in [-0.3, -0.25) is 4.79 Å². The number of rotatable bonds is 6. The number of nitrogens with one attached hydrogen (secondary N) is 1. The summed E-state index contributed by atoms with van der Waals surface area (Å²) in [6, 6.07) is 7.20. The molecule has 0 heterocycles. The van der Waals surface area contributed by atoms with Crippen molar-refractivity contribution in [3.8, 4) is 5.75 Å². The summed E-state index contributed by atoms with van der Waals surface area (Å²) in [6.07, 6.45) is 0. The van der Waals surface area contributed by atoms with Gasteiger partial charge in [-0.15, -0.1) is 0 Å². The summed E-state index contributed by atoms with van der Waals surface area (Å²) < 4.78 is 5.51. The molecule has 0 bridgehead atoms. The van der Waals surface area contributed by atoms with Gasteiger partial charge in [-0.1, -0.05) is 18.2 Å². The minimum atomic E-state index is -0.851. The minimum Gasteiger partial charge on any atom is -0.492 e. The SMILES string of the molecule is Cc1ccccc1OCCN[C@H](C)C(=O)O. The van der Waals surface area contributed by atoms with Crippen molar-refractivity contribution in [1.82, 2.24) is 5.32 Å². The van der Waals surface area contributed by atoms with E-state index in [1.54, 1.807) is 6.92 Å². The third-order valence-electron chi connectivity index (χ3n) is 2.27. The fraction of sp³-hybridized carbons (Fsp3) is 0.417. The highest BCUT2D eigenvalue weighted by molar-refractivity contribution is 5.72. The lowest BCUT2D eigenvalue weighted by atomic mass is 10.2. The van der Waals surface area contributed by atoms with Crippen molar-refractivity contribution in [1.29, 1.82) is 0 Å². The van der Waals surface area contributed by atoms with Crippen molar-refractivity contribution in [3.63, 3.8) is 0 Å². The molecule has 1 atom stereocenters. The molecule has 1 aromatic rings. The van der Waals surface area contributed by atoms with Gasteiger partial charge in [-0.05, 0) is 25.5 Å². The Kier molecular flexibility index (Phi) is 4.79. The van der Waals surface area contributed by atoms with Crippen molar-refractivity contribution >= 4 is 5.97 Å². The Balaban J connectivity index is 2.26. The molecule has 0 fully saturated rings. The maximum atomic E-state index is 10.5. The summed E-state index contributed by atoms with van der Waals surface area (Å²) in [5.41, 5.74) is 1.08. The molecule has 0 aliphatic carbocycles. The third-order valence-corrected chi connectivity index (χ3v) is 2.27. The first kappa shape index (κ1) is 12.5. The standard InChI is InChI=1S/C12H17NO3/c1-9-5-3-4-6-11(9)16-8-7-13-10(2)12(14)15/h3-6,10,13H,7-8H2,1-2H3,(H,14,15)/t10-/m1/s1. The summed E-state index contributed by atoms with van der Waals surface area (Å²) in [6.45, 7) is 4.56. The number of ether oxygens (including phenoxy) is 1. The van der Waals surface area contributed by atoms with Gasteiger partial charge < -0.3 is 15.2 Å². The molecular weight excluding hydrogens is 206 g/mol. The van der Waals surface area contributed by atoms with Crippen molar-refractivity contribution in [3.05, 3.63) is 29.8 Å². The number of carbonyl (C=O) groups is 1. The van der Waals surface area contributed by atoms with Crippen LogP contribution < -0.4 is 10.1 Å². The smallest absolute Gasteiger partial charge is 0.320 e. The van der Waals surface area contributed by atoms with Crippen LogP contribution in [0.15, 0.2) is 24.3 Å². The average molecular weight is 223 g/mol. The zero-order valence-electron chi connectivity index (χ0n) is 9.56. The predicted octanol–water partition coefficient (Wildman–Crippen LogP) is 1.44. The summed E-state index contributed by atoms with van der Waals surface area (Å²) in [5, 5.41) is 11.5. The maximum Gasteiger partial charge on any atom is 0.320 e. The highest BCUT2D eigenvalue weighted by Gasteiger charge is 2.08. The molecule has 0 saturated carbocycles. The number of carboxylic acid groups (broad SMARTS) is 1. The molecular formula is C12H17NO3. The number of hydrogen-bond donors (Lipinski definition) is 2. The van der Waals surface area contributed by atoms with Crippen molar-refractivity contribution in [2.75, 3.05) is 13.2 Å². The molecule has 2 N–H and O–H groups in total. The lowest BCUT2D eigenvalue weighted by Crippen LogP contribution is -2.36. The molecule has 1 rings (SSSR count). The highest BCUT2D eigenvalue weighted by atomic mass is 16.5. The summed E-state index contributed by atoms with van der Waals surface area (Å²) in [7, 11) is 0. The van der Waals surface area contributed by atoms with Gasteiger partial charge in [0.1, 0.15) is 18.4 Å². The van der Waals surface area contributed by atoms with E-state index in [1.165, 1.54) is 0 Å². The number of aryl methyl sites for hydroxylation is 1. The van der Waals surface area contributed by atoms with E-state index in [0.29, 0.717) is 13.2 Å². The second-order valence-electron chi connectivity index (χ2n) is 3.63. The summed E-state index contributed by atoms with van der Waals surface area (Å²) in [5.74, 6) is -0.0110. The van der Waals surface area contributed by atoms with Crippen molar-refractivity contribution < 1.29 is 14.6 Å². The van der Waals surface area contributed by atoms with Gasteiger partial charge in [0.25, 0.3) is 0 Å². The first-order valence-corrected chi connectivity index (χ1v) is 5.26. The lowest BCUT2D eigenvalue weighted by molar-refractivity contribution is -0.139. The molecule has 4 nitrogen and oxygen atoms in total. The van der Waals surface area contributed by atoms with E-state index in [2.05, 4.69) is 5.32 Å². The molecule has 0 spiro atoms. The summed E-state index contributed by atoms with van der Waals surface area (Å²) in [4.78, 5) is 10.5. The van der Waals surface area contributed by atoms with Crippen LogP contribution in [0.2, 0.25) is 0 Å². The normalized spacial score (nSPS) is 12.1. The molecule has 0 radical (unpaired) electrons. The Bertz CT molecular complexity index is 352. The van der Waals surface area contributed by atoms with Crippen LogP contribution in [0.25, 0.3) is 0 Å². The molecule has 4 heteroatoms. The van der Waals surface area contributed by atoms with Gasteiger partial charge in [0.2, 0.25) is 0 Å². The van der Waals surface area contributed by atoms with E-state index in [-0.39, 0.29) is 0 Å². The van der Waals surface area contributed by atoms with Gasteiger partial charge in [-0.2, -0.15) is 0 Å². The Morgan fingerprint density at radius 3 is 2.81 bits per heavy atom. The summed E-state index contributed by atoms with van der Waals surface area (Å²) >= 11 is 0. The van der Waals surface area contributed by atoms with Gasteiger partial charge in [0.15, 0.2) is 0 Å². The molecule has 0 unspecified atom stereocenters. The molecule has 0 saturated heterocycles. The van der Waals surface area contributed by atoms with Crippen LogP contribution in [0.1, 0.15) is 12.5 Å². The van der Waals surface area contributed by atoms with E-state index in [1.807, 2.05) is 31.2 Å². The number of carboxylic acids is 1. The molecule has 0 aromatic heterocycles. The molecule has 0 amide bonds. The lowest BCUT2D eigenvalue weighted by Gasteiger charge is -2.11. The van der Waals surface area contributed by atoms with Gasteiger partial charge in [-0.25, -0.2) is 0 Å². The van der Waals surface area contributed by atoms with E-state index in [4.69, 9.17) is 9.84 Å². The van der Waals surface area contributed by atoms with Crippen LogP contribution in [-0.2, 0) is 4.79 Å². The average Bonchev–Trinajstić information content (AvgIpc) is 2.26. The van der Waals surface area contributed by atoms with E-state index in [0.717, 1.165) is 11.3 Å². The quantitative estimate of drug-likeness (QED) is 0.716. The van der Waals surface area contributed by atoms with E-state index >= 15 is 0 Å². The van der Waals surface area contributed by atoms with Crippen LogP contribution in [0.4, 0.5) is 0 Å². The zero-order valence-corrected chi connectivity index (χ0v) is 9.56.